The molecule has 2 aliphatic rings. The number of nitrogens with zero attached hydrogens (tertiary/aromatic N) is 1. The molecule has 1 N–H and O–H groups in total. The number of hydrogen-bond donors (Lipinski definition) is 1. The summed E-state index contributed by atoms with van der Waals surface area (Å²) < 4.78 is 1.24. The second kappa shape index (κ2) is 4.86. The van der Waals surface area contributed by atoms with Crippen molar-refractivity contribution >= 4 is 21.6 Å². The number of nitrogens with one attached hydrogen (secondary N) is 1. The smallest absolute Gasteiger partial charge is 0.0400 e. The number of rotatable bonds is 3. The van der Waals surface area contributed by atoms with Crippen LogP contribution in [0, 0.1) is 13.8 Å². The van der Waals surface area contributed by atoms with E-state index in [2.05, 4.69) is 52.1 Å². The van der Waals surface area contributed by atoms with Gasteiger partial charge in [0, 0.05) is 35.3 Å². The number of aryl methyl sites for hydroxylation is 2. The topological polar surface area (TPSA) is 15.3 Å². The van der Waals surface area contributed by atoms with Crippen LogP contribution in [0.1, 0.15) is 30.4 Å². The van der Waals surface area contributed by atoms with E-state index >= 15 is 0 Å². The molecule has 1 aliphatic heterocycles. The summed E-state index contributed by atoms with van der Waals surface area (Å²) in [4.78, 5) is 2.65. The highest BCUT2D eigenvalue weighted by atomic mass is 79.9. The lowest BCUT2D eigenvalue weighted by molar-refractivity contribution is 0.326. The van der Waals surface area contributed by atoms with E-state index < -0.39 is 0 Å². The largest absolute Gasteiger partial charge is 0.381 e. The Bertz CT molecular complexity index is 431. The predicted octanol–water partition coefficient (Wildman–Crippen LogP) is 3.71. The molecular weight excluding hydrogens is 288 g/mol. The number of likely N-dealkylation sites (tertiary alicyclic amines) is 1. The zero-order valence-corrected chi connectivity index (χ0v) is 12.8. The fraction of sp³-hybridized carbons (Fsp3) is 0.600. The Morgan fingerprint density at radius 1 is 1.17 bits per heavy atom. The Hall–Kier alpha value is -0.540. The lowest BCUT2D eigenvalue weighted by Crippen LogP contribution is -2.27. The van der Waals surface area contributed by atoms with Crippen molar-refractivity contribution in [2.45, 2.75) is 45.2 Å². The molecule has 0 amide bonds. The van der Waals surface area contributed by atoms with Gasteiger partial charge in [-0.3, -0.25) is 4.90 Å². The lowest BCUT2D eigenvalue weighted by atomic mass is 10.1. The fourth-order valence-electron chi connectivity index (χ4n) is 2.94. The van der Waals surface area contributed by atoms with Gasteiger partial charge in [0.1, 0.15) is 0 Å². The maximum Gasteiger partial charge on any atom is 0.0400 e. The number of anilines is 1. The van der Waals surface area contributed by atoms with Crippen LogP contribution in [0.25, 0.3) is 0 Å². The molecule has 1 aromatic carbocycles. The first-order valence-electron chi connectivity index (χ1n) is 6.91. The van der Waals surface area contributed by atoms with Gasteiger partial charge < -0.3 is 5.32 Å². The average Bonchev–Trinajstić information content (AvgIpc) is 3.08. The molecule has 0 spiro atoms. The molecule has 1 heterocycles. The van der Waals surface area contributed by atoms with Crippen molar-refractivity contribution in [3.05, 3.63) is 27.7 Å². The van der Waals surface area contributed by atoms with E-state index in [0.717, 1.165) is 6.04 Å². The van der Waals surface area contributed by atoms with Gasteiger partial charge in [0.2, 0.25) is 0 Å². The van der Waals surface area contributed by atoms with Crippen molar-refractivity contribution in [3.63, 3.8) is 0 Å². The summed E-state index contributed by atoms with van der Waals surface area (Å²) in [5.41, 5.74) is 3.90. The highest BCUT2D eigenvalue weighted by Crippen LogP contribution is 2.31. The maximum atomic E-state index is 3.70. The van der Waals surface area contributed by atoms with E-state index in [0.29, 0.717) is 6.04 Å². The van der Waals surface area contributed by atoms with Gasteiger partial charge in [-0.1, -0.05) is 15.9 Å². The summed E-state index contributed by atoms with van der Waals surface area (Å²) >= 11 is 3.63. The second-order valence-electron chi connectivity index (χ2n) is 5.78. The molecule has 1 aromatic rings. The first kappa shape index (κ1) is 12.5. The highest BCUT2D eigenvalue weighted by molar-refractivity contribution is 9.10. The van der Waals surface area contributed by atoms with Crippen LogP contribution in [0.15, 0.2) is 16.6 Å². The number of halogens is 1. The van der Waals surface area contributed by atoms with Crippen LogP contribution < -0.4 is 5.32 Å². The van der Waals surface area contributed by atoms with Gasteiger partial charge in [-0.2, -0.15) is 0 Å². The van der Waals surface area contributed by atoms with Crippen molar-refractivity contribution in [2.75, 3.05) is 18.4 Å². The van der Waals surface area contributed by atoms with Crippen LogP contribution in [0.5, 0.6) is 0 Å². The molecule has 1 atom stereocenters. The standard InChI is InChI=1S/C15H21BrN2/c1-10-7-13(8-11(2)15(10)16)17-12-5-6-18(9-12)14-3-4-14/h7-8,12,14,17H,3-6,9H2,1-2H3. The van der Waals surface area contributed by atoms with Crippen molar-refractivity contribution in [1.82, 2.24) is 4.90 Å². The molecule has 3 rings (SSSR count). The molecule has 18 heavy (non-hydrogen) atoms. The van der Waals surface area contributed by atoms with Crippen LogP contribution in [0.3, 0.4) is 0 Å². The Kier molecular flexibility index (Phi) is 3.37. The molecule has 1 unspecified atom stereocenters. The Balaban J connectivity index is 1.66. The van der Waals surface area contributed by atoms with Gasteiger partial charge in [-0.15, -0.1) is 0 Å². The molecule has 2 nitrogen and oxygen atoms in total. The SMILES string of the molecule is Cc1cc(NC2CCN(C3CC3)C2)cc(C)c1Br. The van der Waals surface area contributed by atoms with Crippen LogP contribution >= 0.6 is 15.9 Å². The normalized spacial score (nSPS) is 24.5. The summed E-state index contributed by atoms with van der Waals surface area (Å²) in [5, 5.41) is 3.70. The summed E-state index contributed by atoms with van der Waals surface area (Å²) in [6.45, 7) is 6.82. The molecule has 0 bridgehead atoms. The minimum Gasteiger partial charge on any atom is -0.381 e. The molecule has 0 aromatic heterocycles. The Labute approximate surface area is 118 Å². The van der Waals surface area contributed by atoms with E-state index in [1.807, 2.05) is 0 Å². The third-order valence-corrected chi connectivity index (χ3v) is 5.34. The first-order chi connectivity index (χ1) is 8.63. The van der Waals surface area contributed by atoms with Gasteiger partial charge in [-0.05, 0) is 56.4 Å². The summed E-state index contributed by atoms with van der Waals surface area (Å²) in [7, 11) is 0. The molecule has 1 saturated carbocycles. The van der Waals surface area contributed by atoms with Gasteiger partial charge in [0.25, 0.3) is 0 Å². The van der Waals surface area contributed by atoms with E-state index in [4.69, 9.17) is 0 Å². The minimum absolute atomic E-state index is 0.630. The molecule has 3 heteroatoms. The molecule has 1 saturated heterocycles. The molecule has 1 aliphatic carbocycles. The molecule has 98 valence electrons. The van der Waals surface area contributed by atoms with E-state index in [-0.39, 0.29) is 0 Å². The maximum absolute atomic E-state index is 3.70. The summed E-state index contributed by atoms with van der Waals surface area (Å²) in [6.07, 6.45) is 4.12. The zero-order chi connectivity index (χ0) is 12.7. The zero-order valence-electron chi connectivity index (χ0n) is 11.2. The third-order valence-electron chi connectivity index (χ3n) is 4.09. The predicted molar refractivity (Wildman–Crippen MR) is 80.2 cm³/mol. The monoisotopic (exact) mass is 308 g/mol. The van der Waals surface area contributed by atoms with Crippen LogP contribution in [0.4, 0.5) is 5.69 Å². The Morgan fingerprint density at radius 3 is 2.44 bits per heavy atom. The Morgan fingerprint density at radius 2 is 1.83 bits per heavy atom. The average molecular weight is 309 g/mol. The van der Waals surface area contributed by atoms with Gasteiger partial charge in [-0.25, -0.2) is 0 Å². The quantitative estimate of drug-likeness (QED) is 0.915. The van der Waals surface area contributed by atoms with Crippen LogP contribution in [-0.2, 0) is 0 Å². The van der Waals surface area contributed by atoms with Crippen molar-refractivity contribution in [1.29, 1.82) is 0 Å². The van der Waals surface area contributed by atoms with Crippen molar-refractivity contribution in [2.24, 2.45) is 0 Å². The number of hydrogen-bond acceptors (Lipinski definition) is 2. The molecule has 2 fully saturated rings. The fourth-order valence-corrected chi connectivity index (χ4v) is 3.17. The summed E-state index contributed by atoms with van der Waals surface area (Å²) in [5.74, 6) is 0. The van der Waals surface area contributed by atoms with Gasteiger partial charge in [0.05, 0.1) is 0 Å². The van der Waals surface area contributed by atoms with Crippen molar-refractivity contribution in [3.8, 4) is 0 Å². The first-order valence-corrected chi connectivity index (χ1v) is 7.70. The van der Waals surface area contributed by atoms with E-state index in [9.17, 15) is 0 Å². The van der Waals surface area contributed by atoms with Crippen LogP contribution in [-0.4, -0.2) is 30.1 Å². The molecule has 0 radical (unpaired) electrons. The highest BCUT2D eigenvalue weighted by Gasteiger charge is 2.34. The minimum atomic E-state index is 0.630. The molecular formula is C15H21BrN2. The van der Waals surface area contributed by atoms with Gasteiger partial charge >= 0.3 is 0 Å². The number of benzene rings is 1. The third kappa shape index (κ3) is 2.57. The van der Waals surface area contributed by atoms with Gasteiger partial charge in [0.15, 0.2) is 0 Å². The van der Waals surface area contributed by atoms with E-state index in [1.54, 1.807) is 0 Å². The summed E-state index contributed by atoms with van der Waals surface area (Å²) in [6, 6.07) is 6.03. The van der Waals surface area contributed by atoms with Crippen molar-refractivity contribution < 1.29 is 0 Å². The van der Waals surface area contributed by atoms with Crippen LogP contribution in [0.2, 0.25) is 0 Å². The second-order valence-corrected chi connectivity index (χ2v) is 6.57. The van der Waals surface area contributed by atoms with E-state index in [1.165, 1.54) is 53.6 Å². The lowest BCUT2D eigenvalue weighted by Gasteiger charge is -2.18.